The third kappa shape index (κ3) is 4.63. The minimum atomic E-state index is -0.915. The molecule has 34 heavy (non-hydrogen) atoms. The summed E-state index contributed by atoms with van der Waals surface area (Å²) >= 11 is 0. The molecule has 0 aliphatic carbocycles. The number of aliphatic imine (C=N–C) groups is 2. The minimum absolute atomic E-state index is 0.298. The van der Waals surface area contributed by atoms with Crippen molar-refractivity contribution in [3.63, 3.8) is 0 Å². The van der Waals surface area contributed by atoms with Gasteiger partial charge in [-0.15, -0.1) is 0 Å². The molecular formula is C28H27N3O3. The highest BCUT2D eigenvalue weighted by molar-refractivity contribution is 6.09. The van der Waals surface area contributed by atoms with Crippen molar-refractivity contribution >= 4 is 28.8 Å². The van der Waals surface area contributed by atoms with Crippen molar-refractivity contribution in [1.82, 2.24) is 4.90 Å². The quantitative estimate of drug-likeness (QED) is 0.483. The molecule has 5 rings (SSSR count). The topological polar surface area (TPSA) is 74.5 Å². The monoisotopic (exact) mass is 453 g/mol. The SMILES string of the molecule is CN(C)CCCOc1ccc2c(c1)CC(c1ccc(C3=Nc4ccc(C(=O)O)cc4C3)cc1)=N2. The second-order valence-electron chi connectivity index (χ2n) is 8.99. The molecule has 6 heteroatoms. The maximum absolute atomic E-state index is 11.2. The van der Waals surface area contributed by atoms with Gasteiger partial charge in [0.1, 0.15) is 5.75 Å². The van der Waals surface area contributed by atoms with Crippen LogP contribution in [0.2, 0.25) is 0 Å². The lowest BCUT2D eigenvalue weighted by Crippen LogP contribution is -2.15. The van der Waals surface area contributed by atoms with E-state index in [0.717, 1.165) is 64.6 Å². The Kier molecular flexibility index (Phi) is 5.99. The van der Waals surface area contributed by atoms with Crippen molar-refractivity contribution in [2.24, 2.45) is 9.98 Å². The fourth-order valence-corrected chi connectivity index (χ4v) is 4.36. The van der Waals surface area contributed by atoms with Gasteiger partial charge >= 0.3 is 5.97 Å². The average molecular weight is 454 g/mol. The number of hydrogen-bond acceptors (Lipinski definition) is 5. The molecule has 2 aliphatic rings. The zero-order chi connectivity index (χ0) is 23.7. The zero-order valence-electron chi connectivity index (χ0n) is 19.4. The van der Waals surface area contributed by atoms with E-state index in [2.05, 4.69) is 49.3 Å². The van der Waals surface area contributed by atoms with Crippen molar-refractivity contribution in [2.75, 3.05) is 27.2 Å². The lowest BCUT2D eigenvalue weighted by molar-refractivity contribution is 0.0697. The first kappa shape index (κ1) is 22.0. The molecule has 0 fully saturated rings. The highest BCUT2D eigenvalue weighted by Gasteiger charge is 2.20. The molecular weight excluding hydrogens is 426 g/mol. The second-order valence-corrected chi connectivity index (χ2v) is 8.99. The number of nitrogens with zero attached hydrogens (tertiary/aromatic N) is 3. The van der Waals surface area contributed by atoms with Crippen LogP contribution in [-0.2, 0) is 12.8 Å². The van der Waals surface area contributed by atoms with E-state index < -0.39 is 5.97 Å². The number of hydrogen-bond donors (Lipinski definition) is 1. The molecule has 172 valence electrons. The standard InChI is InChI=1S/C28H27N3O3/c1-31(2)12-3-13-34-23-9-11-25-22(15-23)17-27(30-25)19-6-4-18(5-7-19)26-16-21-14-20(28(32)33)8-10-24(21)29-26/h4-11,14-15H,3,12-13,16-17H2,1-2H3,(H,32,33). The molecule has 2 heterocycles. The van der Waals surface area contributed by atoms with Crippen LogP contribution < -0.4 is 4.74 Å². The summed E-state index contributed by atoms with van der Waals surface area (Å²) in [6.45, 7) is 1.72. The highest BCUT2D eigenvalue weighted by atomic mass is 16.5. The van der Waals surface area contributed by atoms with Gasteiger partial charge in [0.25, 0.3) is 0 Å². The molecule has 0 atom stereocenters. The summed E-state index contributed by atoms with van der Waals surface area (Å²) < 4.78 is 5.92. The number of carbonyl (C=O) groups is 1. The van der Waals surface area contributed by atoms with Gasteiger partial charge in [0, 0.05) is 19.4 Å². The third-order valence-electron chi connectivity index (χ3n) is 6.17. The average Bonchev–Trinajstić information content (AvgIpc) is 3.45. The van der Waals surface area contributed by atoms with Crippen molar-refractivity contribution in [2.45, 2.75) is 19.3 Å². The molecule has 0 saturated carbocycles. The number of ether oxygens (including phenoxy) is 1. The summed E-state index contributed by atoms with van der Waals surface area (Å²) in [5.74, 6) is -0.0175. The molecule has 3 aromatic carbocycles. The molecule has 0 bridgehead atoms. The molecule has 0 unspecified atom stereocenters. The van der Waals surface area contributed by atoms with Crippen LogP contribution >= 0.6 is 0 Å². The van der Waals surface area contributed by atoms with Crippen LogP contribution in [0.1, 0.15) is 39.0 Å². The summed E-state index contributed by atoms with van der Waals surface area (Å²) in [6, 6.07) is 19.6. The fourth-order valence-electron chi connectivity index (χ4n) is 4.36. The van der Waals surface area contributed by atoms with Crippen LogP contribution in [0.25, 0.3) is 0 Å². The molecule has 1 N–H and O–H groups in total. The van der Waals surface area contributed by atoms with Crippen LogP contribution in [0.3, 0.4) is 0 Å². The first-order chi connectivity index (χ1) is 16.5. The summed E-state index contributed by atoms with van der Waals surface area (Å²) in [5, 5.41) is 9.22. The molecule has 6 nitrogen and oxygen atoms in total. The first-order valence-electron chi connectivity index (χ1n) is 11.5. The van der Waals surface area contributed by atoms with E-state index in [9.17, 15) is 9.90 Å². The van der Waals surface area contributed by atoms with Crippen LogP contribution in [0.4, 0.5) is 11.4 Å². The lowest BCUT2D eigenvalue weighted by atomic mass is 9.99. The van der Waals surface area contributed by atoms with Gasteiger partial charge in [-0.05, 0) is 79.2 Å². The first-order valence-corrected chi connectivity index (χ1v) is 11.5. The van der Waals surface area contributed by atoms with E-state index in [1.54, 1.807) is 18.2 Å². The third-order valence-corrected chi connectivity index (χ3v) is 6.17. The van der Waals surface area contributed by atoms with Gasteiger partial charge in [0.05, 0.1) is 35.0 Å². The van der Waals surface area contributed by atoms with E-state index >= 15 is 0 Å². The number of carboxylic acid groups (broad SMARTS) is 1. The van der Waals surface area contributed by atoms with Crippen LogP contribution in [0, 0.1) is 0 Å². The molecule has 0 amide bonds. The van der Waals surface area contributed by atoms with Gasteiger partial charge in [-0.1, -0.05) is 24.3 Å². The van der Waals surface area contributed by atoms with E-state index in [-0.39, 0.29) is 0 Å². The van der Waals surface area contributed by atoms with E-state index in [4.69, 9.17) is 14.7 Å². The smallest absolute Gasteiger partial charge is 0.335 e. The maximum atomic E-state index is 11.2. The Bertz CT molecular complexity index is 1310. The Morgan fingerprint density at radius 3 is 2.06 bits per heavy atom. The summed E-state index contributed by atoms with van der Waals surface area (Å²) in [6.07, 6.45) is 2.42. The molecule has 0 spiro atoms. The molecule has 0 aromatic heterocycles. The fraction of sp³-hybridized carbons (Fsp3) is 0.250. The number of rotatable bonds is 8. The maximum Gasteiger partial charge on any atom is 0.335 e. The predicted molar refractivity (Wildman–Crippen MR) is 135 cm³/mol. The van der Waals surface area contributed by atoms with Gasteiger partial charge in [-0.3, -0.25) is 9.98 Å². The number of aromatic carboxylic acids is 1. The summed E-state index contributed by atoms with van der Waals surface area (Å²) in [5.41, 5.74) is 8.43. The van der Waals surface area contributed by atoms with Crippen molar-refractivity contribution in [3.05, 3.63) is 88.5 Å². The Labute approximate surface area is 199 Å². The normalized spacial score (nSPS) is 14.0. The van der Waals surface area contributed by atoms with Crippen molar-refractivity contribution in [3.8, 4) is 5.75 Å². The Morgan fingerprint density at radius 1 is 0.882 bits per heavy atom. The zero-order valence-corrected chi connectivity index (χ0v) is 19.4. The number of benzene rings is 3. The molecule has 0 saturated heterocycles. The molecule has 3 aromatic rings. The van der Waals surface area contributed by atoms with Crippen LogP contribution in [0.5, 0.6) is 5.75 Å². The highest BCUT2D eigenvalue weighted by Crippen LogP contribution is 2.33. The molecule has 0 radical (unpaired) electrons. The van der Waals surface area contributed by atoms with E-state index in [0.29, 0.717) is 18.6 Å². The van der Waals surface area contributed by atoms with Gasteiger partial charge in [-0.2, -0.15) is 0 Å². The van der Waals surface area contributed by atoms with Gasteiger partial charge in [0.2, 0.25) is 0 Å². The largest absolute Gasteiger partial charge is 0.494 e. The summed E-state index contributed by atoms with van der Waals surface area (Å²) in [7, 11) is 4.13. The van der Waals surface area contributed by atoms with Crippen molar-refractivity contribution < 1.29 is 14.6 Å². The van der Waals surface area contributed by atoms with Crippen molar-refractivity contribution in [1.29, 1.82) is 0 Å². The minimum Gasteiger partial charge on any atom is -0.494 e. The number of fused-ring (bicyclic) bond motifs is 2. The second kappa shape index (κ2) is 9.23. The van der Waals surface area contributed by atoms with Crippen LogP contribution in [-0.4, -0.2) is 54.6 Å². The Hall–Kier alpha value is -3.77. The summed E-state index contributed by atoms with van der Waals surface area (Å²) in [4.78, 5) is 22.9. The van der Waals surface area contributed by atoms with Gasteiger partial charge < -0.3 is 14.7 Å². The van der Waals surface area contributed by atoms with Gasteiger partial charge in [-0.25, -0.2) is 4.79 Å². The van der Waals surface area contributed by atoms with Gasteiger partial charge in [0.15, 0.2) is 0 Å². The molecule has 2 aliphatic heterocycles. The van der Waals surface area contributed by atoms with Crippen LogP contribution in [0.15, 0.2) is 70.6 Å². The number of carboxylic acids is 1. The lowest BCUT2D eigenvalue weighted by Gasteiger charge is -2.11. The Balaban J connectivity index is 1.24. The van der Waals surface area contributed by atoms with E-state index in [1.165, 1.54) is 5.56 Å². The van der Waals surface area contributed by atoms with E-state index in [1.807, 2.05) is 12.1 Å². The Morgan fingerprint density at radius 2 is 1.47 bits per heavy atom. The predicted octanol–water partition coefficient (Wildman–Crippen LogP) is 5.07.